The summed E-state index contributed by atoms with van der Waals surface area (Å²) >= 11 is 0. The number of methoxy groups -OCH3 is 1. The van der Waals surface area contributed by atoms with Crippen LogP contribution in [0.15, 0.2) is 24.3 Å². The van der Waals surface area contributed by atoms with Crippen LogP contribution in [0.1, 0.15) is 0 Å². The summed E-state index contributed by atoms with van der Waals surface area (Å²) in [5, 5.41) is 21.8. The molecule has 1 aromatic carbocycles. The normalized spacial score (nSPS) is 23.0. The predicted octanol–water partition coefficient (Wildman–Crippen LogP) is -0.299. The first-order valence-electron chi connectivity index (χ1n) is 7.22. The van der Waals surface area contributed by atoms with Crippen LogP contribution in [0.4, 0.5) is 0 Å². The van der Waals surface area contributed by atoms with Gasteiger partial charge in [0.2, 0.25) is 0 Å². The number of nitrogens with zero attached hydrogens (tertiary/aromatic N) is 1. The molecule has 6 heteroatoms. The van der Waals surface area contributed by atoms with Crippen LogP contribution in [0.5, 0.6) is 11.5 Å². The topological polar surface area (TPSA) is 74.2 Å². The summed E-state index contributed by atoms with van der Waals surface area (Å²) in [4.78, 5) is 2.15. The number of rotatable bonds is 7. The predicted molar refractivity (Wildman–Crippen MR) is 79.8 cm³/mol. The Labute approximate surface area is 125 Å². The van der Waals surface area contributed by atoms with Crippen LogP contribution in [-0.4, -0.2) is 73.8 Å². The summed E-state index contributed by atoms with van der Waals surface area (Å²) in [6, 6.07) is 7.60. The van der Waals surface area contributed by atoms with Crippen molar-refractivity contribution < 1.29 is 19.7 Å². The summed E-state index contributed by atoms with van der Waals surface area (Å²) < 4.78 is 10.8. The van der Waals surface area contributed by atoms with Crippen LogP contribution >= 0.6 is 0 Å². The van der Waals surface area contributed by atoms with Crippen LogP contribution in [0.2, 0.25) is 0 Å². The molecule has 2 unspecified atom stereocenters. The average molecular weight is 296 g/mol. The minimum atomic E-state index is 0.0637. The third-order valence-electron chi connectivity index (χ3n) is 3.75. The van der Waals surface area contributed by atoms with Crippen molar-refractivity contribution in [2.24, 2.45) is 0 Å². The van der Waals surface area contributed by atoms with E-state index in [1.807, 2.05) is 24.3 Å². The summed E-state index contributed by atoms with van der Waals surface area (Å²) in [6.45, 7) is 2.87. The fourth-order valence-electron chi connectivity index (χ4n) is 2.46. The van der Waals surface area contributed by atoms with E-state index in [-0.39, 0.29) is 25.3 Å². The standard InChI is InChI=1S/C15H24N2O4/c1-20-14-2-4-15(5-3-14)21-7-6-17-9-12(10-18)16-8-13(17)11-19/h2-5,12-13,16,18-19H,6-11H2,1H3. The van der Waals surface area contributed by atoms with Gasteiger partial charge in [-0.05, 0) is 24.3 Å². The molecule has 1 saturated heterocycles. The Morgan fingerprint density at radius 2 is 1.90 bits per heavy atom. The van der Waals surface area contributed by atoms with Crippen LogP contribution in [0, 0.1) is 0 Å². The number of aliphatic hydroxyl groups is 2. The molecule has 0 aliphatic carbocycles. The van der Waals surface area contributed by atoms with Crippen molar-refractivity contribution in [3.63, 3.8) is 0 Å². The molecule has 2 rings (SSSR count). The highest BCUT2D eigenvalue weighted by molar-refractivity contribution is 5.31. The van der Waals surface area contributed by atoms with Gasteiger partial charge >= 0.3 is 0 Å². The molecular formula is C15H24N2O4. The molecule has 2 atom stereocenters. The van der Waals surface area contributed by atoms with Crippen molar-refractivity contribution >= 4 is 0 Å². The second-order valence-electron chi connectivity index (χ2n) is 5.14. The minimum Gasteiger partial charge on any atom is -0.497 e. The quantitative estimate of drug-likeness (QED) is 0.642. The van der Waals surface area contributed by atoms with E-state index in [1.54, 1.807) is 7.11 Å². The molecule has 1 heterocycles. The van der Waals surface area contributed by atoms with Gasteiger partial charge in [-0.15, -0.1) is 0 Å². The van der Waals surface area contributed by atoms with E-state index in [2.05, 4.69) is 10.2 Å². The van der Waals surface area contributed by atoms with E-state index in [1.165, 1.54) is 0 Å². The smallest absolute Gasteiger partial charge is 0.119 e. The van der Waals surface area contributed by atoms with Crippen molar-refractivity contribution in [2.75, 3.05) is 46.6 Å². The van der Waals surface area contributed by atoms with E-state index in [4.69, 9.17) is 9.47 Å². The van der Waals surface area contributed by atoms with Crippen molar-refractivity contribution in [3.05, 3.63) is 24.3 Å². The molecule has 1 aliphatic rings. The first kappa shape index (κ1) is 16.0. The second-order valence-corrected chi connectivity index (χ2v) is 5.14. The highest BCUT2D eigenvalue weighted by atomic mass is 16.5. The van der Waals surface area contributed by atoms with Gasteiger partial charge in [-0.1, -0.05) is 0 Å². The molecule has 0 amide bonds. The lowest BCUT2D eigenvalue weighted by Gasteiger charge is -2.38. The van der Waals surface area contributed by atoms with E-state index in [9.17, 15) is 10.2 Å². The number of benzene rings is 1. The first-order chi connectivity index (χ1) is 10.3. The third-order valence-corrected chi connectivity index (χ3v) is 3.75. The molecule has 3 N–H and O–H groups in total. The Kier molecular flexibility index (Phi) is 6.25. The van der Waals surface area contributed by atoms with Crippen LogP contribution in [0.25, 0.3) is 0 Å². The molecule has 0 radical (unpaired) electrons. The van der Waals surface area contributed by atoms with E-state index >= 15 is 0 Å². The fraction of sp³-hybridized carbons (Fsp3) is 0.600. The van der Waals surface area contributed by atoms with Crippen molar-refractivity contribution in [2.45, 2.75) is 12.1 Å². The first-order valence-corrected chi connectivity index (χ1v) is 7.22. The van der Waals surface area contributed by atoms with E-state index in [0.717, 1.165) is 18.0 Å². The summed E-state index contributed by atoms with van der Waals surface area (Å²) in [5.74, 6) is 1.60. The lowest BCUT2D eigenvalue weighted by molar-refractivity contribution is 0.0547. The Balaban J connectivity index is 1.79. The lowest BCUT2D eigenvalue weighted by Crippen LogP contribution is -2.59. The number of piperazine rings is 1. The maximum absolute atomic E-state index is 9.40. The third kappa shape index (κ3) is 4.57. The maximum Gasteiger partial charge on any atom is 0.119 e. The second kappa shape index (κ2) is 8.19. The maximum atomic E-state index is 9.40. The van der Waals surface area contributed by atoms with E-state index in [0.29, 0.717) is 19.7 Å². The highest BCUT2D eigenvalue weighted by Gasteiger charge is 2.26. The zero-order valence-corrected chi connectivity index (χ0v) is 12.4. The number of ether oxygens (including phenoxy) is 2. The highest BCUT2D eigenvalue weighted by Crippen LogP contribution is 2.17. The molecule has 1 aliphatic heterocycles. The van der Waals surface area contributed by atoms with E-state index < -0.39 is 0 Å². The van der Waals surface area contributed by atoms with Gasteiger partial charge < -0.3 is 25.0 Å². The van der Waals surface area contributed by atoms with Crippen molar-refractivity contribution in [1.82, 2.24) is 10.2 Å². The Hall–Kier alpha value is -1.34. The van der Waals surface area contributed by atoms with Gasteiger partial charge in [0.1, 0.15) is 18.1 Å². The zero-order valence-electron chi connectivity index (χ0n) is 12.4. The molecule has 0 saturated carbocycles. The van der Waals surface area contributed by atoms with Gasteiger partial charge in [0.05, 0.1) is 20.3 Å². The Bertz CT molecular complexity index is 413. The van der Waals surface area contributed by atoms with Crippen molar-refractivity contribution in [3.8, 4) is 11.5 Å². The van der Waals surface area contributed by atoms with Gasteiger partial charge in [-0.3, -0.25) is 4.90 Å². The largest absolute Gasteiger partial charge is 0.497 e. The monoisotopic (exact) mass is 296 g/mol. The number of hydrogen-bond donors (Lipinski definition) is 3. The molecule has 0 aromatic heterocycles. The van der Waals surface area contributed by atoms with Crippen LogP contribution in [-0.2, 0) is 0 Å². The molecule has 1 aromatic rings. The Morgan fingerprint density at radius 3 is 2.52 bits per heavy atom. The molecule has 118 valence electrons. The molecule has 6 nitrogen and oxygen atoms in total. The van der Waals surface area contributed by atoms with Crippen molar-refractivity contribution in [1.29, 1.82) is 0 Å². The Morgan fingerprint density at radius 1 is 1.19 bits per heavy atom. The summed E-state index contributed by atoms with van der Waals surface area (Å²) in [5.41, 5.74) is 0. The van der Waals surface area contributed by atoms with Gasteiger partial charge in [0, 0.05) is 31.7 Å². The van der Waals surface area contributed by atoms with Gasteiger partial charge in [-0.2, -0.15) is 0 Å². The number of aliphatic hydroxyl groups excluding tert-OH is 2. The lowest BCUT2D eigenvalue weighted by atomic mass is 10.1. The zero-order chi connectivity index (χ0) is 15.1. The van der Waals surface area contributed by atoms with Gasteiger partial charge in [-0.25, -0.2) is 0 Å². The van der Waals surface area contributed by atoms with Crippen LogP contribution in [0.3, 0.4) is 0 Å². The summed E-state index contributed by atoms with van der Waals surface area (Å²) in [7, 11) is 1.63. The van der Waals surface area contributed by atoms with Crippen LogP contribution < -0.4 is 14.8 Å². The molecule has 1 fully saturated rings. The number of hydrogen-bond acceptors (Lipinski definition) is 6. The molecular weight excluding hydrogens is 272 g/mol. The molecule has 21 heavy (non-hydrogen) atoms. The number of nitrogens with one attached hydrogen (secondary N) is 1. The SMILES string of the molecule is COc1ccc(OCCN2CC(CO)NCC2CO)cc1. The fourth-order valence-corrected chi connectivity index (χ4v) is 2.46. The minimum absolute atomic E-state index is 0.0637. The average Bonchev–Trinajstić information content (AvgIpc) is 2.55. The van der Waals surface area contributed by atoms with Gasteiger partial charge in [0.15, 0.2) is 0 Å². The molecule has 0 spiro atoms. The molecule has 0 bridgehead atoms. The van der Waals surface area contributed by atoms with Gasteiger partial charge in [0.25, 0.3) is 0 Å². The summed E-state index contributed by atoms with van der Waals surface area (Å²) in [6.07, 6.45) is 0.